The van der Waals surface area contributed by atoms with E-state index in [1.54, 1.807) is 22.7 Å². The van der Waals surface area contributed by atoms with E-state index in [0.29, 0.717) is 22.3 Å². The van der Waals surface area contributed by atoms with Crippen molar-refractivity contribution in [2.75, 3.05) is 0 Å². The van der Waals surface area contributed by atoms with E-state index in [0.717, 1.165) is 11.4 Å². The zero-order chi connectivity index (χ0) is 15.7. The van der Waals surface area contributed by atoms with Gasteiger partial charge in [-0.3, -0.25) is 10.1 Å². The molecule has 7 nitrogen and oxygen atoms in total. The number of rotatable bonds is 4. The van der Waals surface area contributed by atoms with Crippen LogP contribution in [-0.2, 0) is 5.75 Å². The predicted octanol–water partition coefficient (Wildman–Crippen LogP) is 2.94. The maximum Gasteiger partial charge on any atom is 0.273 e. The standard InChI is InChI=1S/C14H13N5O2S/c1-9-7-10(2)18-13(15-9)16-14(17-18)22-8-11-5-3-4-6-12(11)19(20)21/h3-7H,8H2,1-2H3. The van der Waals surface area contributed by atoms with E-state index in [2.05, 4.69) is 15.1 Å². The van der Waals surface area contributed by atoms with Crippen molar-refractivity contribution < 1.29 is 4.92 Å². The molecule has 112 valence electrons. The fourth-order valence-electron chi connectivity index (χ4n) is 2.16. The van der Waals surface area contributed by atoms with Gasteiger partial charge in [0.2, 0.25) is 5.16 Å². The molecule has 0 bridgehead atoms. The summed E-state index contributed by atoms with van der Waals surface area (Å²) in [5, 5.41) is 15.9. The summed E-state index contributed by atoms with van der Waals surface area (Å²) >= 11 is 1.36. The maximum atomic E-state index is 11.0. The number of aromatic nitrogens is 4. The van der Waals surface area contributed by atoms with Crippen molar-refractivity contribution >= 4 is 23.2 Å². The molecule has 2 aromatic heterocycles. The van der Waals surface area contributed by atoms with Crippen LogP contribution in [0.4, 0.5) is 5.69 Å². The van der Waals surface area contributed by atoms with Gasteiger partial charge in [0.25, 0.3) is 11.5 Å². The van der Waals surface area contributed by atoms with Crippen molar-refractivity contribution in [2.24, 2.45) is 0 Å². The van der Waals surface area contributed by atoms with Crippen LogP contribution in [-0.4, -0.2) is 24.5 Å². The highest BCUT2D eigenvalue weighted by Crippen LogP contribution is 2.26. The Morgan fingerprint density at radius 1 is 1.27 bits per heavy atom. The Morgan fingerprint density at radius 3 is 2.82 bits per heavy atom. The number of hydrogen-bond donors (Lipinski definition) is 0. The molecule has 0 amide bonds. The maximum absolute atomic E-state index is 11.0. The second kappa shape index (κ2) is 5.72. The average molecular weight is 315 g/mol. The first-order valence-corrected chi connectivity index (χ1v) is 7.59. The summed E-state index contributed by atoms with van der Waals surface area (Å²) in [5.74, 6) is 0.981. The van der Waals surface area contributed by atoms with Crippen molar-refractivity contribution in [1.82, 2.24) is 19.6 Å². The lowest BCUT2D eigenvalue weighted by Crippen LogP contribution is -1.97. The van der Waals surface area contributed by atoms with Gasteiger partial charge in [0.05, 0.1) is 4.92 Å². The summed E-state index contributed by atoms with van der Waals surface area (Å²) in [6, 6.07) is 8.62. The number of fused-ring (bicyclic) bond motifs is 1. The highest BCUT2D eigenvalue weighted by atomic mass is 32.2. The molecule has 1 aromatic carbocycles. The molecule has 22 heavy (non-hydrogen) atoms. The van der Waals surface area contributed by atoms with Gasteiger partial charge < -0.3 is 0 Å². The van der Waals surface area contributed by atoms with Crippen LogP contribution < -0.4 is 0 Å². The van der Waals surface area contributed by atoms with E-state index in [1.807, 2.05) is 19.9 Å². The lowest BCUT2D eigenvalue weighted by atomic mass is 10.2. The fourth-order valence-corrected chi connectivity index (χ4v) is 2.98. The van der Waals surface area contributed by atoms with Crippen molar-refractivity contribution in [3.05, 3.63) is 57.4 Å². The Morgan fingerprint density at radius 2 is 2.05 bits per heavy atom. The average Bonchev–Trinajstić information content (AvgIpc) is 2.88. The fraction of sp³-hybridized carbons (Fsp3) is 0.214. The normalized spacial score (nSPS) is 11.0. The first kappa shape index (κ1) is 14.5. The van der Waals surface area contributed by atoms with Crippen molar-refractivity contribution in [3.63, 3.8) is 0 Å². The number of thioether (sulfide) groups is 1. The highest BCUT2D eigenvalue weighted by Gasteiger charge is 2.14. The molecule has 0 fully saturated rings. The summed E-state index contributed by atoms with van der Waals surface area (Å²) in [4.78, 5) is 19.3. The second-order valence-corrected chi connectivity index (χ2v) is 5.76. The van der Waals surface area contributed by atoms with E-state index in [1.165, 1.54) is 17.8 Å². The molecule has 2 heterocycles. The number of benzene rings is 1. The van der Waals surface area contributed by atoms with Crippen LogP contribution in [0.2, 0.25) is 0 Å². The van der Waals surface area contributed by atoms with Gasteiger partial charge in [-0.1, -0.05) is 30.0 Å². The molecular formula is C14H13N5O2S. The van der Waals surface area contributed by atoms with Crippen LogP contribution in [0.5, 0.6) is 0 Å². The van der Waals surface area contributed by atoms with Gasteiger partial charge in [-0.05, 0) is 19.9 Å². The zero-order valence-corrected chi connectivity index (χ0v) is 12.9. The first-order valence-electron chi connectivity index (χ1n) is 6.61. The molecule has 0 unspecified atom stereocenters. The smallest absolute Gasteiger partial charge is 0.258 e. The summed E-state index contributed by atoms with van der Waals surface area (Å²) < 4.78 is 1.68. The third-order valence-electron chi connectivity index (χ3n) is 3.14. The SMILES string of the molecule is Cc1cc(C)n2nc(SCc3ccccc3[N+](=O)[O-])nc2n1. The first-order chi connectivity index (χ1) is 10.5. The molecule has 0 saturated heterocycles. The second-order valence-electron chi connectivity index (χ2n) is 4.82. The number of para-hydroxylation sites is 1. The predicted molar refractivity (Wildman–Crippen MR) is 82.9 cm³/mol. The third-order valence-corrected chi connectivity index (χ3v) is 4.03. The minimum atomic E-state index is -0.373. The molecule has 3 aromatic rings. The molecule has 0 radical (unpaired) electrons. The Balaban J connectivity index is 1.86. The Labute approximate surface area is 130 Å². The summed E-state index contributed by atoms with van der Waals surface area (Å²) in [7, 11) is 0. The third kappa shape index (κ3) is 2.77. The summed E-state index contributed by atoms with van der Waals surface area (Å²) in [5.41, 5.74) is 2.60. The number of nitrogens with zero attached hydrogens (tertiary/aromatic N) is 5. The summed E-state index contributed by atoms with van der Waals surface area (Å²) in [6.07, 6.45) is 0. The molecule has 0 spiro atoms. The molecule has 3 rings (SSSR count). The monoisotopic (exact) mass is 315 g/mol. The molecule has 0 N–H and O–H groups in total. The molecular weight excluding hydrogens is 302 g/mol. The molecule has 0 aliphatic heterocycles. The Kier molecular flexibility index (Phi) is 3.76. The van der Waals surface area contributed by atoms with Crippen LogP contribution in [0.25, 0.3) is 5.78 Å². The van der Waals surface area contributed by atoms with Gasteiger partial charge in [0.1, 0.15) is 0 Å². The van der Waals surface area contributed by atoms with E-state index in [9.17, 15) is 10.1 Å². The lowest BCUT2D eigenvalue weighted by Gasteiger charge is -2.00. The number of nitro benzene ring substituents is 1. The van der Waals surface area contributed by atoms with Crippen LogP contribution >= 0.6 is 11.8 Å². The van der Waals surface area contributed by atoms with E-state index in [4.69, 9.17) is 0 Å². The van der Waals surface area contributed by atoms with Crippen LogP contribution in [0, 0.1) is 24.0 Å². The molecule has 0 aliphatic rings. The summed E-state index contributed by atoms with van der Waals surface area (Å²) in [6.45, 7) is 3.84. The van der Waals surface area contributed by atoms with Gasteiger partial charge in [-0.2, -0.15) is 4.98 Å². The van der Waals surface area contributed by atoms with Crippen molar-refractivity contribution in [1.29, 1.82) is 0 Å². The topological polar surface area (TPSA) is 86.2 Å². The van der Waals surface area contributed by atoms with Gasteiger partial charge in [-0.25, -0.2) is 9.50 Å². The minimum absolute atomic E-state index is 0.115. The number of aryl methyl sites for hydroxylation is 2. The van der Waals surface area contributed by atoms with Gasteiger partial charge in [-0.15, -0.1) is 5.10 Å². The van der Waals surface area contributed by atoms with E-state index < -0.39 is 0 Å². The van der Waals surface area contributed by atoms with Gasteiger partial charge >= 0.3 is 0 Å². The zero-order valence-electron chi connectivity index (χ0n) is 12.1. The van der Waals surface area contributed by atoms with Crippen LogP contribution in [0.3, 0.4) is 0 Å². The van der Waals surface area contributed by atoms with Crippen LogP contribution in [0.1, 0.15) is 17.0 Å². The molecule has 0 aliphatic carbocycles. The number of hydrogen-bond acceptors (Lipinski definition) is 6. The lowest BCUT2D eigenvalue weighted by molar-refractivity contribution is -0.385. The number of nitro groups is 1. The van der Waals surface area contributed by atoms with E-state index >= 15 is 0 Å². The molecule has 0 saturated carbocycles. The Hall–Kier alpha value is -2.48. The minimum Gasteiger partial charge on any atom is -0.258 e. The molecule has 8 heteroatoms. The van der Waals surface area contributed by atoms with Crippen molar-refractivity contribution in [3.8, 4) is 0 Å². The van der Waals surface area contributed by atoms with Gasteiger partial charge in [0.15, 0.2) is 0 Å². The van der Waals surface area contributed by atoms with Crippen molar-refractivity contribution in [2.45, 2.75) is 24.8 Å². The Bertz CT molecular complexity index is 862. The molecule has 0 atom stereocenters. The highest BCUT2D eigenvalue weighted by molar-refractivity contribution is 7.98. The van der Waals surface area contributed by atoms with Gasteiger partial charge in [0, 0.05) is 28.8 Å². The van der Waals surface area contributed by atoms with Crippen LogP contribution in [0.15, 0.2) is 35.5 Å². The largest absolute Gasteiger partial charge is 0.273 e. The van der Waals surface area contributed by atoms with E-state index in [-0.39, 0.29) is 10.6 Å². The quantitative estimate of drug-likeness (QED) is 0.418.